The largest absolute Gasteiger partial charge is 0.416 e. The van der Waals surface area contributed by atoms with Gasteiger partial charge < -0.3 is 10.2 Å². The summed E-state index contributed by atoms with van der Waals surface area (Å²) in [5.41, 5.74) is 1.91. The van der Waals surface area contributed by atoms with E-state index in [0.29, 0.717) is 24.7 Å². The van der Waals surface area contributed by atoms with E-state index < -0.39 is 11.7 Å². The molecule has 2 aromatic carbocycles. The number of carbonyl (C=O) groups is 1. The van der Waals surface area contributed by atoms with Crippen molar-refractivity contribution < 1.29 is 18.0 Å². The summed E-state index contributed by atoms with van der Waals surface area (Å²) in [5.74, 6) is 0.324. The number of hydrogen-bond acceptors (Lipinski definition) is 3. The van der Waals surface area contributed by atoms with Crippen LogP contribution in [0, 0.1) is 0 Å². The van der Waals surface area contributed by atoms with Gasteiger partial charge in [-0.05, 0) is 42.7 Å². The van der Waals surface area contributed by atoms with Crippen molar-refractivity contribution in [1.82, 2.24) is 9.88 Å². The summed E-state index contributed by atoms with van der Waals surface area (Å²) in [6.07, 6.45) is -1.94. The minimum absolute atomic E-state index is 0.290. The number of nitrogens with one attached hydrogen (secondary N) is 1. The molecular weight excluding hydrogens is 423 g/mol. The second-order valence-corrected chi connectivity index (χ2v) is 8.50. The fraction of sp³-hybridized carbons (Fsp3) is 0.304. The van der Waals surface area contributed by atoms with Gasteiger partial charge in [0.25, 0.3) is 0 Å². The number of piperidine rings is 1. The summed E-state index contributed by atoms with van der Waals surface area (Å²) in [6, 6.07) is 14.4. The first-order valence-electron chi connectivity index (χ1n) is 10.1. The van der Waals surface area contributed by atoms with Crippen LogP contribution in [0.3, 0.4) is 0 Å². The zero-order chi connectivity index (χ0) is 21.8. The van der Waals surface area contributed by atoms with Crippen LogP contribution in [-0.4, -0.2) is 29.0 Å². The molecule has 8 heteroatoms. The third-order valence-electron chi connectivity index (χ3n) is 5.39. The number of likely N-dealkylation sites (tertiary alicyclic amines) is 1. The van der Waals surface area contributed by atoms with Gasteiger partial charge in [-0.1, -0.05) is 30.3 Å². The van der Waals surface area contributed by atoms with Gasteiger partial charge >= 0.3 is 12.2 Å². The van der Waals surface area contributed by atoms with Gasteiger partial charge in [0.15, 0.2) is 0 Å². The fourth-order valence-electron chi connectivity index (χ4n) is 3.67. The van der Waals surface area contributed by atoms with Crippen molar-refractivity contribution in [1.29, 1.82) is 0 Å². The van der Waals surface area contributed by atoms with Crippen molar-refractivity contribution in [3.63, 3.8) is 0 Å². The number of rotatable bonds is 4. The Labute approximate surface area is 182 Å². The molecule has 3 aromatic rings. The van der Waals surface area contributed by atoms with E-state index in [1.54, 1.807) is 16.2 Å². The number of anilines is 1. The number of aromatic nitrogens is 1. The van der Waals surface area contributed by atoms with E-state index in [-0.39, 0.29) is 6.03 Å². The van der Waals surface area contributed by atoms with E-state index in [1.165, 1.54) is 17.7 Å². The maximum absolute atomic E-state index is 12.7. The van der Waals surface area contributed by atoms with Gasteiger partial charge in [-0.25, -0.2) is 9.78 Å². The second kappa shape index (κ2) is 9.09. The molecular formula is C23H22F3N3OS. The van der Waals surface area contributed by atoms with Crippen molar-refractivity contribution in [3.05, 3.63) is 81.8 Å². The molecule has 1 N–H and O–H groups in total. The normalized spacial score (nSPS) is 15.1. The van der Waals surface area contributed by atoms with Crippen LogP contribution in [0.4, 0.5) is 23.7 Å². The number of alkyl halides is 3. The maximum atomic E-state index is 12.7. The lowest BCUT2D eigenvalue weighted by Gasteiger charge is -2.31. The first-order valence-corrected chi connectivity index (χ1v) is 11.0. The van der Waals surface area contributed by atoms with E-state index in [1.807, 2.05) is 18.2 Å². The molecule has 4 rings (SSSR count). The topological polar surface area (TPSA) is 45.2 Å². The molecule has 2 heterocycles. The number of nitrogens with zero attached hydrogens (tertiary/aromatic N) is 2. The molecule has 0 bridgehead atoms. The Hall–Kier alpha value is -2.87. The first kappa shape index (κ1) is 21.4. The van der Waals surface area contributed by atoms with Crippen LogP contribution in [0.1, 0.15) is 40.6 Å². The molecule has 0 saturated carbocycles. The third kappa shape index (κ3) is 5.44. The molecule has 1 fully saturated rings. The third-order valence-corrected chi connectivity index (χ3v) is 6.45. The lowest BCUT2D eigenvalue weighted by atomic mass is 9.98. The number of urea groups is 1. The van der Waals surface area contributed by atoms with E-state index >= 15 is 0 Å². The molecule has 162 valence electrons. The van der Waals surface area contributed by atoms with Crippen LogP contribution >= 0.6 is 11.3 Å². The highest BCUT2D eigenvalue weighted by molar-refractivity contribution is 7.09. The smallest absolute Gasteiger partial charge is 0.324 e. The standard InChI is InChI=1S/C23H22F3N3OS/c24-23(25,26)18-6-8-19(9-7-18)28-22(30)29-12-10-17(11-13-29)21-27-20(15-31-21)14-16-4-2-1-3-5-16/h1-9,15,17H,10-14H2,(H,28,30). The van der Waals surface area contributed by atoms with E-state index in [0.717, 1.165) is 42.1 Å². The predicted molar refractivity (Wildman–Crippen MR) is 115 cm³/mol. The van der Waals surface area contributed by atoms with Crippen molar-refractivity contribution in [2.45, 2.75) is 31.4 Å². The molecule has 1 saturated heterocycles. The van der Waals surface area contributed by atoms with Crippen molar-refractivity contribution in [2.24, 2.45) is 0 Å². The fourth-order valence-corrected chi connectivity index (χ4v) is 4.66. The number of benzene rings is 2. The van der Waals surface area contributed by atoms with Gasteiger partial charge in [-0.15, -0.1) is 11.3 Å². The van der Waals surface area contributed by atoms with Gasteiger partial charge in [0.2, 0.25) is 0 Å². The number of halogens is 3. The Kier molecular flexibility index (Phi) is 6.27. The molecule has 0 spiro atoms. The summed E-state index contributed by atoms with van der Waals surface area (Å²) in [6.45, 7) is 1.18. The van der Waals surface area contributed by atoms with Crippen LogP contribution in [0.15, 0.2) is 60.0 Å². The highest BCUT2D eigenvalue weighted by Gasteiger charge is 2.30. The molecule has 0 atom stereocenters. The van der Waals surface area contributed by atoms with Crippen LogP contribution in [0.2, 0.25) is 0 Å². The molecule has 2 amide bonds. The zero-order valence-corrected chi connectivity index (χ0v) is 17.5. The number of amides is 2. The first-order chi connectivity index (χ1) is 14.9. The molecule has 0 aliphatic carbocycles. The van der Waals surface area contributed by atoms with Gasteiger partial charge in [-0.3, -0.25) is 0 Å². The lowest BCUT2D eigenvalue weighted by molar-refractivity contribution is -0.137. The zero-order valence-electron chi connectivity index (χ0n) is 16.7. The SMILES string of the molecule is O=C(Nc1ccc(C(F)(F)F)cc1)N1CCC(c2nc(Cc3ccccc3)cs2)CC1. The van der Waals surface area contributed by atoms with E-state index in [4.69, 9.17) is 4.98 Å². The number of hydrogen-bond donors (Lipinski definition) is 1. The van der Waals surface area contributed by atoms with Crippen LogP contribution in [-0.2, 0) is 12.6 Å². The average Bonchev–Trinajstić information content (AvgIpc) is 3.23. The van der Waals surface area contributed by atoms with E-state index in [9.17, 15) is 18.0 Å². The Morgan fingerprint density at radius 1 is 1.06 bits per heavy atom. The van der Waals surface area contributed by atoms with Crippen molar-refractivity contribution in [3.8, 4) is 0 Å². The number of carbonyl (C=O) groups excluding carboxylic acids is 1. The summed E-state index contributed by atoms with van der Waals surface area (Å²) in [4.78, 5) is 19.0. The molecule has 31 heavy (non-hydrogen) atoms. The van der Waals surface area contributed by atoms with Crippen LogP contribution < -0.4 is 5.32 Å². The van der Waals surface area contributed by atoms with Gasteiger partial charge in [0.05, 0.1) is 16.3 Å². The molecule has 1 aromatic heterocycles. The highest BCUT2D eigenvalue weighted by Crippen LogP contribution is 2.32. The minimum Gasteiger partial charge on any atom is -0.324 e. The quantitative estimate of drug-likeness (QED) is 0.522. The summed E-state index contributed by atoms with van der Waals surface area (Å²) >= 11 is 1.67. The molecule has 4 nitrogen and oxygen atoms in total. The Morgan fingerprint density at radius 3 is 2.39 bits per heavy atom. The monoisotopic (exact) mass is 445 g/mol. The predicted octanol–water partition coefficient (Wildman–Crippen LogP) is 6.16. The van der Waals surface area contributed by atoms with Crippen molar-refractivity contribution >= 4 is 23.1 Å². The average molecular weight is 446 g/mol. The Balaban J connectivity index is 1.29. The summed E-state index contributed by atoms with van der Waals surface area (Å²) in [5, 5.41) is 5.89. The van der Waals surface area contributed by atoms with Gasteiger partial charge in [0.1, 0.15) is 0 Å². The van der Waals surface area contributed by atoms with E-state index in [2.05, 4.69) is 22.8 Å². The van der Waals surface area contributed by atoms with Crippen molar-refractivity contribution in [2.75, 3.05) is 18.4 Å². The summed E-state index contributed by atoms with van der Waals surface area (Å²) in [7, 11) is 0. The second-order valence-electron chi connectivity index (χ2n) is 7.61. The minimum atomic E-state index is -4.39. The Morgan fingerprint density at radius 2 is 1.74 bits per heavy atom. The van der Waals surface area contributed by atoms with Crippen LogP contribution in [0.25, 0.3) is 0 Å². The molecule has 1 aliphatic rings. The number of thiazole rings is 1. The Bertz CT molecular complexity index is 1010. The van der Waals surface area contributed by atoms with Gasteiger partial charge in [0, 0.05) is 36.5 Å². The van der Waals surface area contributed by atoms with Crippen LogP contribution in [0.5, 0.6) is 0 Å². The lowest BCUT2D eigenvalue weighted by Crippen LogP contribution is -2.40. The summed E-state index contributed by atoms with van der Waals surface area (Å²) < 4.78 is 38.0. The molecule has 0 radical (unpaired) electrons. The molecule has 0 unspecified atom stereocenters. The van der Waals surface area contributed by atoms with Gasteiger partial charge in [-0.2, -0.15) is 13.2 Å². The highest BCUT2D eigenvalue weighted by atomic mass is 32.1. The molecule has 1 aliphatic heterocycles. The maximum Gasteiger partial charge on any atom is 0.416 e.